The first kappa shape index (κ1) is 17.8. The van der Waals surface area contributed by atoms with Gasteiger partial charge in [-0.15, -0.1) is 0 Å². The van der Waals surface area contributed by atoms with Crippen molar-refractivity contribution in [3.8, 4) is 0 Å². The lowest BCUT2D eigenvalue weighted by Crippen LogP contribution is -2.41. The van der Waals surface area contributed by atoms with Gasteiger partial charge < -0.3 is 9.80 Å². The molecular formula is C23H26N2O2. The van der Waals surface area contributed by atoms with Gasteiger partial charge in [-0.2, -0.15) is 0 Å². The van der Waals surface area contributed by atoms with Crippen LogP contribution in [0.2, 0.25) is 0 Å². The molecule has 2 aromatic rings. The van der Waals surface area contributed by atoms with Crippen molar-refractivity contribution in [2.24, 2.45) is 0 Å². The molecule has 0 saturated carbocycles. The van der Waals surface area contributed by atoms with E-state index >= 15 is 0 Å². The van der Waals surface area contributed by atoms with Crippen LogP contribution in [-0.4, -0.2) is 35.8 Å². The summed E-state index contributed by atoms with van der Waals surface area (Å²) in [4.78, 5) is 29.0. The van der Waals surface area contributed by atoms with Crippen molar-refractivity contribution >= 4 is 17.5 Å². The number of amides is 2. The van der Waals surface area contributed by atoms with Gasteiger partial charge in [-0.25, -0.2) is 0 Å². The highest BCUT2D eigenvalue weighted by Gasteiger charge is 2.30. The zero-order valence-corrected chi connectivity index (χ0v) is 15.9. The van der Waals surface area contributed by atoms with Crippen LogP contribution in [0, 0.1) is 0 Å². The van der Waals surface area contributed by atoms with Crippen molar-refractivity contribution in [2.75, 3.05) is 18.0 Å². The van der Waals surface area contributed by atoms with Gasteiger partial charge in [-0.05, 0) is 61.1 Å². The summed E-state index contributed by atoms with van der Waals surface area (Å²) in [5.74, 6) is 0.263. The van der Waals surface area contributed by atoms with Gasteiger partial charge in [-0.1, -0.05) is 31.2 Å². The van der Waals surface area contributed by atoms with Gasteiger partial charge in [0.15, 0.2) is 0 Å². The third-order valence-electron chi connectivity index (χ3n) is 5.69. The summed E-state index contributed by atoms with van der Waals surface area (Å²) in [5.41, 5.74) is 4.32. The van der Waals surface area contributed by atoms with Crippen LogP contribution in [0.15, 0.2) is 48.5 Å². The highest BCUT2D eigenvalue weighted by Crippen LogP contribution is 2.27. The Morgan fingerprint density at radius 3 is 2.30 bits per heavy atom. The molecule has 0 atom stereocenters. The second kappa shape index (κ2) is 7.55. The maximum atomic E-state index is 13.2. The molecule has 0 radical (unpaired) electrons. The van der Waals surface area contributed by atoms with Crippen LogP contribution in [0.1, 0.15) is 47.7 Å². The molecule has 0 spiro atoms. The predicted octanol–water partition coefficient (Wildman–Crippen LogP) is 3.83. The minimum Gasteiger partial charge on any atom is -0.335 e. The number of hydrogen-bond donors (Lipinski definition) is 0. The molecule has 2 aliphatic rings. The topological polar surface area (TPSA) is 40.6 Å². The third kappa shape index (κ3) is 3.48. The van der Waals surface area contributed by atoms with E-state index in [-0.39, 0.29) is 17.9 Å². The molecule has 1 aliphatic heterocycles. The Labute approximate surface area is 160 Å². The molecule has 1 fully saturated rings. The Kier molecular flexibility index (Phi) is 4.97. The van der Waals surface area contributed by atoms with E-state index in [1.165, 1.54) is 11.1 Å². The summed E-state index contributed by atoms with van der Waals surface area (Å²) in [5, 5.41) is 0. The molecule has 2 amide bonds. The van der Waals surface area contributed by atoms with Gasteiger partial charge in [0.1, 0.15) is 0 Å². The first-order valence-corrected chi connectivity index (χ1v) is 9.95. The Balaban J connectivity index is 1.51. The van der Waals surface area contributed by atoms with E-state index in [9.17, 15) is 9.59 Å². The maximum Gasteiger partial charge on any atom is 0.254 e. The fraction of sp³-hybridized carbons (Fsp3) is 0.391. The third-order valence-corrected chi connectivity index (χ3v) is 5.69. The molecule has 1 aliphatic carbocycles. The molecule has 1 heterocycles. The molecule has 4 heteroatoms. The zero-order chi connectivity index (χ0) is 18.8. The van der Waals surface area contributed by atoms with Crippen molar-refractivity contribution in [3.63, 3.8) is 0 Å². The number of carbonyl (C=O) groups is 2. The Bertz CT molecular complexity index is 819. The average molecular weight is 362 g/mol. The highest BCUT2D eigenvalue weighted by atomic mass is 16.2. The number of anilines is 1. The van der Waals surface area contributed by atoms with Crippen molar-refractivity contribution in [2.45, 2.75) is 45.1 Å². The lowest BCUT2D eigenvalue weighted by atomic mass is 10.1. The smallest absolute Gasteiger partial charge is 0.254 e. The Morgan fingerprint density at radius 2 is 1.74 bits per heavy atom. The fourth-order valence-electron chi connectivity index (χ4n) is 4.32. The van der Waals surface area contributed by atoms with Crippen LogP contribution in [-0.2, 0) is 17.6 Å². The standard InChI is InChI=1S/C23H26N2O2/c1-2-13-25(21-15-18-6-3-4-7-19(18)16-21)23(27)17-9-11-20(12-10-17)24-14-5-8-22(24)26/h3-4,6-7,9-12,21H,2,5,8,13-16H2,1H3. The van der Waals surface area contributed by atoms with Crippen LogP contribution < -0.4 is 4.90 Å². The number of fused-ring (bicyclic) bond motifs is 1. The van der Waals surface area contributed by atoms with Crippen molar-refractivity contribution in [1.82, 2.24) is 4.90 Å². The molecule has 0 bridgehead atoms. The summed E-state index contributed by atoms with van der Waals surface area (Å²) in [6.07, 6.45) is 4.34. The van der Waals surface area contributed by atoms with E-state index in [1.807, 2.05) is 34.1 Å². The van der Waals surface area contributed by atoms with E-state index in [0.717, 1.165) is 44.5 Å². The van der Waals surface area contributed by atoms with Gasteiger partial charge in [0.05, 0.1) is 0 Å². The molecule has 1 saturated heterocycles. The van der Waals surface area contributed by atoms with E-state index in [2.05, 4.69) is 31.2 Å². The molecule has 0 N–H and O–H groups in total. The van der Waals surface area contributed by atoms with Crippen molar-refractivity contribution < 1.29 is 9.59 Å². The first-order valence-electron chi connectivity index (χ1n) is 9.95. The van der Waals surface area contributed by atoms with Crippen molar-refractivity contribution in [3.05, 3.63) is 65.2 Å². The number of benzene rings is 2. The average Bonchev–Trinajstić information content (AvgIpc) is 3.31. The summed E-state index contributed by atoms with van der Waals surface area (Å²) in [6, 6.07) is 16.3. The lowest BCUT2D eigenvalue weighted by molar-refractivity contribution is -0.117. The molecule has 0 aromatic heterocycles. The normalized spacial score (nSPS) is 16.6. The summed E-state index contributed by atoms with van der Waals surface area (Å²) >= 11 is 0. The van der Waals surface area contributed by atoms with Gasteiger partial charge in [0.25, 0.3) is 5.91 Å². The van der Waals surface area contributed by atoms with Gasteiger partial charge in [0.2, 0.25) is 5.91 Å². The summed E-state index contributed by atoms with van der Waals surface area (Å²) in [7, 11) is 0. The molecule has 2 aromatic carbocycles. The van der Waals surface area contributed by atoms with Gasteiger partial charge in [0, 0.05) is 36.8 Å². The molecule has 4 nitrogen and oxygen atoms in total. The summed E-state index contributed by atoms with van der Waals surface area (Å²) in [6.45, 7) is 3.66. The summed E-state index contributed by atoms with van der Waals surface area (Å²) < 4.78 is 0. The Hall–Kier alpha value is -2.62. The maximum absolute atomic E-state index is 13.2. The van der Waals surface area contributed by atoms with E-state index in [4.69, 9.17) is 0 Å². The van der Waals surface area contributed by atoms with Crippen LogP contribution in [0.4, 0.5) is 5.69 Å². The van der Waals surface area contributed by atoms with E-state index in [0.29, 0.717) is 12.0 Å². The van der Waals surface area contributed by atoms with Gasteiger partial charge in [-0.3, -0.25) is 9.59 Å². The first-order chi connectivity index (χ1) is 13.2. The number of nitrogens with zero attached hydrogens (tertiary/aromatic N) is 2. The largest absolute Gasteiger partial charge is 0.335 e. The minimum absolute atomic E-state index is 0.0916. The quantitative estimate of drug-likeness (QED) is 0.811. The Morgan fingerprint density at radius 1 is 1.07 bits per heavy atom. The fourth-order valence-corrected chi connectivity index (χ4v) is 4.32. The highest BCUT2D eigenvalue weighted by molar-refractivity contribution is 5.97. The van der Waals surface area contributed by atoms with E-state index in [1.54, 1.807) is 0 Å². The SMILES string of the molecule is CCCN(C(=O)c1ccc(N2CCCC2=O)cc1)C1Cc2ccccc2C1. The molecule has 0 unspecified atom stereocenters. The molecular weight excluding hydrogens is 336 g/mol. The second-order valence-electron chi connectivity index (χ2n) is 7.53. The van der Waals surface area contributed by atoms with Gasteiger partial charge >= 0.3 is 0 Å². The van der Waals surface area contributed by atoms with Crippen LogP contribution in [0.3, 0.4) is 0 Å². The minimum atomic E-state index is 0.0916. The zero-order valence-electron chi connectivity index (χ0n) is 15.9. The lowest BCUT2D eigenvalue weighted by Gasteiger charge is -2.29. The van der Waals surface area contributed by atoms with Crippen molar-refractivity contribution in [1.29, 1.82) is 0 Å². The van der Waals surface area contributed by atoms with Crippen LogP contribution in [0.5, 0.6) is 0 Å². The van der Waals surface area contributed by atoms with E-state index < -0.39 is 0 Å². The molecule has 27 heavy (non-hydrogen) atoms. The number of rotatable bonds is 5. The van der Waals surface area contributed by atoms with Crippen LogP contribution >= 0.6 is 0 Å². The number of carbonyl (C=O) groups excluding carboxylic acids is 2. The second-order valence-corrected chi connectivity index (χ2v) is 7.53. The predicted molar refractivity (Wildman–Crippen MR) is 107 cm³/mol. The number of hydrogen-bond acceptors (Lipinski definition) is 2. The van der Waals surface area contributed by atoms with Crippen LogP contribution in [0.25, 0.3) is 0 Å². The molecule has 140 valence electrons. The molecule has 4 rings (SSSR count). The monoisotopic (exact) mass is 362 g/mol.